The number of carbonyl (C=O) groups is 1. The molecule has 3 nitrogen and oxygen atoms in total. The highest BCUT2D eigenvalue weighted by molar-refractivity contribution is 6.33. The Morgan fingerprint density at radius 3 is 2.82 bits per heavy atom. The number of rotatable bonds is 4. The standard InChI is InChI=1S/C13H17ClN2O/c1-2-13(6-7-13)8-16-12(17)9-4-3-5-10(14)11(9)15/h3-5H,2,6-8,15H2,1H3,(H,16,17). The highest BCUT2D eigenvalue weighted by Crippen LogP contribution is 2.47. The fourth-order valence-electron chi connectivity index (χ4n) is 1.93. The van der Waals surface area contributed by atoms with Crippen molar-refractivity contribution in [1.82, 2.24) is 5.32 Å². The van der Waals surface area contributed by atoms with Gasteiger partial charge < -0.3 is 11.1 Å². The van der Waals surface area contributed by atoms with Gasteiger partial charge in [0, 0.05) is 6.54 Å². The van der Waals surface area contributed by atoms with E-state index in [1.807, 2.05) is 0 Å². The third-order valence-corrected chi connectivity index (χ3v) is 3.96. The van der Waals surface area contributed by atoms with Gasteiger partial charge >= 0.3 is 0 Å². The number of amides is 1. The summed E-state index contributed by atoms with van der Waals surface area (Å²) in [5.41, 5.74) is 6.93. The number of anilines is 1. The van der Waals surface area contributed by atoms with E-state index < -0.39 is 0 Å². The van der Waals surface area contributed by atoms with Crippen LogP contribution in [0.4, 0.5) is 5.69 Å². The first-order chi connectivity index (χ1) is 8.08. The zero-order valence-electron chi connectivity index (χ0n) is 9.92. The van der Waals surface area contributed by atoms with Gasteiger partial charge in [-0.2, -0.15) is 0 Å². The molecule has 0 saturated heterocycles. The fraction of sp³-hybridized carbons (Fsp3) is 0.462. The van der Waals surface area contributed by atoms with Gasteiger partial charge in [-0.15, -0.1) is 0 Å². The van der Waals surface area contributed by atoms with Crippen LogP contribution in [-0.4, -0.2) is 12.5 Å². The highest BCUT2D eigenvalue weighted by atomic mass is 35.5. The van der Waals surface area contributed by atoms with Gasteiger partial charge in [0.1, 0.15) is 0 Å². The number of carbonyl (C=O) groups excluding carboxylic acids is 1. The number of nitrogen functional groups attached to an aromatic ring is 1. The Bertz CT molecular complexity index is 441. The van der Waals surface area contributed by atoms with Crippen LogP contribution >= 0.6 is 11.6 Å². The van der Waals surface area contributed by atoms with E-state index in [9.17, 15) is 4.79 Å². The minimum absolute atomic E-state index is 0.135. The second-order valence-electron chi connectivity index (χ2n) is 4.74. The van der Waals surface area contributed by atoms with Gasteiger partial charge in [0.2, 0.25) is 0 Å². The molecular weight excluding hydrogens is 236 g/mol. The van der Waals surface area contributed by atoms with Crippen LogP contribution in [0.2, 0.25) is 5.02 Å². The van der Waals surface area contributed by atoms with Crippen LogP contribution in [-0.2, 0) is 0 Å². The lowest BCUT2D eigenvalue weighted by Crippen LogP contribution is -2.30. The topological polar surface area (TPSA) is 55.1 Å². The molecule has 1 aromatic rings. The molecule has 1 aromatic carbocycles. The van der Waals surface area contributed by atoms with E-state index in [0.29, 0.717) is 21.7 Å². The number of halogens is 1. The molecule has 0 radical (unpaired) electrons. The Labute approximate surface area is 106 Å². The van der Waals surface area contributed by atoms with E-state index in [2.05, 4.69) is 12.2 Å². The van der Waals surface area contributed by atoms with Gasteiger partial charge in [-0.1, -0.05) is 24.6 Å². The maximum absolute atomic E-state index is 12.0. The largest absolute Gasteiger partial charge is 0.397 e. The number of nitrogens with one attached hydrogen (secondary N) is 1. The van der Waals surface area contributed by atoms with Crippen molar-refractivity contribution in [3.63, 3.8) is 0 Å². The molecule has 0 heterocycles. The normalized spacial score (nSPS) is 16.6. The van der Waals surface area contributed by atoms with Gasteiger partial charge in [0.25, 0.3) is 5.91 Å². The Morgan fingerprint density at radius 2 is 2.24 bits per heavy atom. The summed E-state index contributed by atoms with van der Waals surface area (Å²) in [5.74, 6) is -0.135. The third-order valence-electron chi connectivity index (χ3n) is 3.63. The smallest absolute Gasteiger partial charge is 0.253 e. The van der Waals surface area contributed by atoms with Crippen molar-refractivity contribution in [2.45, 2.75) is 26.2 Å². The number of benzene rings is 1. The predicted octanol–water partition coefficient (Wildman–Crippen LogP) is 2.84. The predicted molar refractivity (Wildman–Crippen MR) is 70.2 cm³/mol. The molecule has 1 amide bonds. The molecule has 0 aromatic heterocycles. The zero-order valence-corrected chi connectivity index (χ0v) is 10.7. The maximum atomic E-state index is 12.0. The quantitative estimate of drug-likeness (QED) is 0.810. The van der Waals surface area contributed by atoms with Gasteiger partial charge in [-0.05, 0) is 36.8 Å². The number of hydrogen-bond acceptors (Lipinski definition) is 2. The molecule has 0 spiro atoms. The van der Waals surface area contributed by atoms with Crippen LogP contribution in [0.1, 0.15) is 36.5 Å². The van der Waals surface area contributed by atoms with Crippen molar-refractivity contribution in [3.05, 3.63) is 28.8 Å². The summed E-state index contributed by atoms with van der Waals surface area (Å²) >= 11 is 5.88. The molecule has 3 N–H and O–H groups in total. The number of para-hydroxylation sites is 1. The molecule has 1 aliphatic carbocycles. The van der Waals surface area contributed by atoms with E-state index in [1.54, 1.807) is 18.2 Å². The molecule has 1 saturated carbocycles. The molecule has 1 aliphatic rings. The first-order valence-electron chi connectivity index (χ1n) is 5.90. The van der Waals surface area contributed by atoms with E-state index in [0.717, 1.165) is 13.0 Å². The Kier molecular flexibility index (Phi) is 3.29. The van der Waals surface area contributed by atoms with Crippen LogP contribution in [0.15, 0.2) is 18.2 Å². The monoisotopic (exact) mass is 252 g/mol. The summed E-state index contributed by atoms with van der Waals surface area (Å²) < 4.78 is 0. The summed E-state index contributed by atoms with van der Waals surface area (Å²) in [4.78, 5) is 12.0. The summed E-state index contributed by atoms with van der Waals surface area (Å²) in [7, 11) is 0. The van der Waals surface area contributed by atoms with Crippen LogP contribution in [0.3, 0.4) is 0 Å². The average molecular weight is 253 g/mol. The van der Waals surface area contributed by atoms with Gasteiger partial charge in [0.15, 0.2) is 0 Å². The van der Waals surface area contributed by atoms with Crippen molar-refractivity contribution < 1.29 is 4.79 Å². The van der Waals surface area contributed by atoms with Crippen molar-refractivity contribution in [1.29, 1.82) is 0 Å². The molecule has 4 heteroatoms. The minimum Gasteiger partial charge on any atom is -0.397 e. The summed E-state index contributed by atoms with van der Waals surface area (Å²) in [6.45, 7) is 2.89. The molecule has 2 rings (SSSR count). The molecule has 0 bridgehead atoms. The second kappa shape index (κ2) is 4.57. The fourth-order valence-corrected chi connectivity index (χ4v) is 2.10. The average Bonchev–Trinajstić information content (AvgIpc) is 3.10. The summed E-state index contributed by atoms with van der Waals surface area (Å²) in [5, 5.41) is 3.37. The molecular formula is C13H17ClN2O. The SMILES string of the molecule is CCC1(CNC(=O)c2cccc(Cl)c2N)CC1. The Balaban J connectivity index is 2.02. The van der Waals surface area contributed by atoms with Crippen LogP contribution in [0, 0.1) is 5.41 Å². The Morgan fingerprint density at radius 1 is 1.53 bits per heavy atom. The second-order valence-corrected chi connectivity index (χ2v) is 5.14. The van der Waals surface area contributed by atoms with E-state index >= 15 is 0 Å². The van der Waals surface area contributed by atoms with Crippen LogP contribution in [0.5, 0.6) is 0 Å². The lowest BCUT2D eigenvalue weighted by atomic mass is 10.0. The van der Waals surface area contributed by atoms with E-state index in [1.165, 1.54) is 12.8 Å². The molecule has 0 atom stereocenters. The van der Waals surface area contributed by atoms with Crippen molar-refractivity contribution in [3.8, 4) is 0 Å². The molecule has 0 aliphatic heterocycles. The summed E-state index contributed by atoms with van der Waals surface area (Å²) in [6, 6.07) is 5.12. The van der Waals surface area contributed by atoms with Gasteiger partial charge in [-0.25, -0.2) is 0 Å². The zero-order chi connectivity index (χ0) is 12.5. The van der Waals surface area contributed by atoms with Gasteiger partial charge in [0.05, 0.1) is 16.3 Å². The highest BCUT2D eigenvalue weighted by Gasteiger charge is 2.40. The van der Waals surface area contributed by atoms with Crippen molar-refractivity contribution in [2.24, 2.45) is 5.41 Å². The molecule has 17 heavy (non-hydrogen) atoms. The van der Waals surface area contributed by atoms with Gasteiger partial charge in [-0.3, -0.25) is 4.79 Å². The van der Waals surface area contributed by atoms with Crippen LogP contribution < -0.4 is 11.1 Å². The lowest BCUT2D eigenvalue weighted by Gasteiger charge is -2.14. The maximum Gasteiger partial charge on any atom is 0.253 e. The summed E-state index contributed by atoms with van der Waals surface area (Å²) in [6.07, 6.45) is 3.52. The van der Waals surface area contributed by atoms with Crippen LogP contribution in [0.25, 0.3) is 0 Å². The third kappa shape index (κ3) is 2.55. The Hall–Kier alpha value is -1.22. The van der Waals surface area contributed by atoms with Crippen molar-refractivity contribution >= 4 is 23.2 Å². The molecule has 92 valence electrons. The van der Waals surface area contributed by atoms with E-state index in [4.69, 9.17) is 17.3 Å². The lowest BCUT2D eigenvalue weighted by molar-refractivity contribution is 0.0945. The van der Waals surface area contributed by atoms with E-state index in [-0.39, 0.29) is 5.91 Å². The first-order valence-corrected chi connectivity index (χ1v) is 6.28. The number of hydrogen-bond donors (Lipinski definition) is 2. The van der Waals surface area contributed by atoms with Crippen molar-refractivity contribution in [2.75, 3.05) is 12.3 Å². The molecule has 1 fully saturated rings. The minimum atomic E-state index is -0.135. The number of nitrogens with two attached hydrogens (primary N) is 1. The first kappa shape index (κ1) is 12.2. The molecule has 0 unspecified atom stereocenters.